The highest BCUT2D eigenvalue weighted by Gasteiger charge is 2.12. The first-order valence-electron chi connectivity index (χ1n) is 5.77. The summed E-state index contributed by atoms with van der Waals surface area (Å²) in [6.07, 6.45) is 7.33. The Morgan fingerprint density at radius 1 is 1.19 bits per heavy atom. The molecule has 4 heteroatoms. The lowest BCUT2D eigenvalue weighted by Crippen LogP contribution is -2.35. The molecule has 0 radical (unpaired) electrons. The van der Waals surface area contributed by atoms with Gasteiger partial charge in [-0.1, -0.05) is 6.42 Å². The molecule has 0 atom stereocenters. The zero-order chi connectivity index (χ0) is 10.8. The van der Waals surface area contributed by atoms with Gasteiger partial charge >= 0.3 is 0 Å². The Labute approximate surface area is 94.2 Å². The number of fused-ring (bicyclic) bond motifs is 1. The van der Waals surface area contributed by atoms with Crippen molar-refractivity contribution in [2.45, 2.75) is 19.3 Å². The van der Waals surface area contributed by atoms with Gasteiger partial charge in [0.2, 0.25) is 0 Å². The van der Waals surface area contributed by atoms with Crippen LogP contribution in [-0.2, 0) is 0 Å². The molecule has 4 nitrogen and oxygen atoms in total. The number of pyridine rings is 1. The van der Waals surface area contributed by atoms with Crippen LogP contribution in [-0.4, -0.2) is 23.1 Å². The summed E-state index contributed by atoms with van der Waals surface area (Å²) in [5.74, 6) is 0.896. The van der Waals surface area contributed by atoms with E-state index in [-0.39, 0.29) is 0 Å². The van der Waals surface area contributed by atoms with Gasteiger partial charge in [0.15, 0.2) is 5.82 Å². The van der Waals surface area contributed by atoms with Crippen molar-refractivity contribution in [2.75, 3.05) is 18.5 Å². The first-order chi connectivity index (χ1) is 7.93. The second-order valence-electron chi connectivity index (χ2n) is 4.15. The standard InChI is InChI=1S/C12H15N3O/c1-2-7-15(8-3-1)14-12-10-5-9-16-11(10)4-6-13-12/h4-6,9H,1-3,7-8H2,(H,13,14). The Morgan fingerprint density at radius 2 is 2.06 bits per heavy atom. The molecule has 2 aromatic rings. The molecule has 1 aliphatic heterocycles. The van der Waals surface area contributed by atoms with E-state index in [2.05, 4.69) is 15.4 Å². The molecule has 0 saturated carbocycles. The van der Waals surface area contributed by atoms with E-state index in [1.165, 1.54) is 19.3 Å². The summed E-state index contributed by atoms with van der Waals surface area (Å²) in [6, 6.07) is 3.84. The molecule has 3 heterocycles. The third-order valence-corrected chi connectivity index (χ3v) is 3.00. The average molecular weight is 217 g/mol. The molecule has 16 heavy (non-hydrogen) atoms. The second kappa shape index (κ2) is 4.14. The van der Waals surface area contributed by atoms with Crippen LogP contribution >= 0.6 is 0 Å². The van der Waals surface area contributed by atoms with Crippen LogP contribution in [0.25, 0.3) is 11.0 Å². The van der Waals surface area contributed by atoms with Crippen molar-refractivity contribution in [3.8, 4) is 0 Å². The maximum atomic E-state index is 5.35. The van der Waals surface area contributed by atoms with Crippen LogP contribution in [0.3, 0.4) is 0 Å². The topological polar surface area (TPSA) is 41.3 Å². The van der Waals surface area contributed by atoms with Crippen molar-refractivity contribution in [3.63, 3.8) is 0 Å². The van der Waals surface area contributed by atoms with Gasteiger partial charge in [0.05, 0.1) is 11.6 Å². The zero-order valence-corrected chi connectivity index (χ0v) is 9.15. The van der Waals surface area contributed by atoms with Crippen molar-refractivity contribution < 1.29 is 4.42 Å². The van der Waals surface area contributed by atoms with Crippen molar-refractivity contribution in [3.05, 3.63) is 24.6 Å². The van der Waals surface area contributed by atoms with Gasteiger partial charge in [-0.05, 0) is 25.0 Å². The molecule has 0 unspecified atom stereocenters. The molecule has 0 bridgehead atoms. The Bertz CT molecular complexity index is 474. The fourth-order valence-electron chi connectivity index (χ4n) is 2.14. The monoisotopic (exact) mass is 217 g/mol. The molecule has 0 aromatic carbocycles. The molecule has 1 N–H and O–H groups in total. The fourth-order valence-corrected chi connectivity index (χ4v) is 2.14. The number of anilines is 1. The van der Waals surface area contributed by atoms with Gasteiger partial charge in [0, 0.05) is 19.3 Å². The van der Waals surface area contributed by atoms with E-state index in [0.717, 1.165) is 29.9 Å². The van der Waals surface area contributed by atoms with Crippen molar-refractivity contribution >= 4 is 16.8 Å². The molecule has 3 rings (SSSR count). The van der Waals surface area contributed by atoms with Crippen LogP contribution in [0, 0.1) is 0 Å². The minimum atomic E-state index is 0.884. The third kappa shape index (κ3) is 1.76. The summed E-state index contributed by atoms with van der Waals surface area (Å²) in [6.45, 7) is 2.19. The predicted molar refractivity (Wildman–Crippen MR) is 63.1 cm³/mol. The van der Waals surface area contributed by atoms with Gasteiger partial charge in [-0.15, -0.1) is 0 Å². The van der Waals surface area contributed by atoms with Crippen LogP contribution in [0.4, 0.5) is 5.82 Å². The van der Waals surface area contributed by atoms with E-state index >= 15 is 0 Å². The Balaban J connectivity index is 1.85. The molecule has 0 aliphatic carbocycles. The van der Waals surface area contributed by atoms with Gasteiger partial charge in [-0.25, -0.2) is 9.99 Å². The molecular weight excluding hydrogens is 202 g/mol. The fraction of sp³-hybridized carbons (Fsp3) is 0.417. The normalized spacial score (nSPS) is 17.8. The highest BCUT2D eigenvalue weighted by molar-refractivity contribution is 5.87. The predicted octanol–water partition coefficient (Wildman–Crippen LogP) is 2.64. The van der Waals surface area contributed by atoms with E-state index in [4.69, 9.17) is 4.42 Å². The van der Waals surface area contributed by atoms with Gasteiger partial charge in [0.25, 0.3) is 0 Å². The highest BCUT2D eigenvalue weighted by Crippen LogP contribution is 2.22. The number of piperidine rings is 1. The summed E-state index contributed by atoms with van der Waals surface area (Å²) in [7, 11) is 0. The quantitative estimate of drug-likeness (QED) is 0.839. The number of furan rings is 1. The number of nitrogens with zero attached hydrogens (tertiary/aromatic N) is 2. The number of hydrogen-bond acceptors (Lipinski definition) is 4. The van der Waals surface area contributed by atoms with E-state index in [0.29, 0.717) is 0 Å². The van der Waals surface area contributed by atoms with Crippen molar-refractivity contribution in [1.29, 1.82) is 0 Å². The summed E-state index contributed by atoms with van der Waals surface area (Å²) in [4.78, 5) is 4.36. The van der Waals surface area contributed by atoms with E-state index < -0.39 is 0 Å². The minimum absolute atomic E-state index is 0.884. The molecular formula is C12H15N3O. The Kier molecular flexibility index (Phi) is 2.50. The Hall–Kier alpha value is -1.55. The van der Waals surface area contributed by atoms with Crippen LogP contribution in [0.1, 0.15) is 19.3 Å². The third-order valence-electron chi connectivity index (χ3n) is 3.00. The number of nitrogens with one attached hydrogen (secondary N) is 1. The maximum absolute atomic E-state index is 5.35. The van der Waals surface area contributed by atoms with Gasteiger partial charge < -0.3 is 9.84 Å². The van der Waals surface area contributed by atoms with E-state index in [1.807, 2.05) is 12.1 Å². The van der Waals surface area contributed by atoms with Crippen LogP contribution in [0.2, 0.25) is 0 Å². The number of hydrazine groups is 1. The summed E-state index contributed by atoms with van der Waals surface area (Å²) < 4.78 is 5.35. The lowest BCUT2D eigenvalue weighted by molar-refractivity contribution is 0.272. The molecule has 1 saturated heterocycles. The SMILES string of the molecule is c1cc2occc2c(NN2CCCCC2)n1. The second-order valence-corrected chi connectivity index (χ2v) is 4.15. The van der Waals surface area contributed by atoms with Crippen LogP contribution in [0.15, 0.2) is 29.0 Å². The largest absolute Gasteiger partial charge is 0.464 e. The first kappa shape index (κ1) is 9.66. The summed E-state index contributed by atoms with van der Waals surface area (Å²) in [5.41, 5.74) is 4.26. The zero-order valence-electron chi connectivity index (χ0n) is 9.15. The lowest BCUT2D eigenvalue weighted by atomic mass is 10.2. The number of rotatable bonds is 2. The molecule has 1 aliphatic rings. The summed E-state index contributed by atoms with van der Waals surface area (Å²) >= 11 is 0. The highest BCUT2D eigenvalue weighted by atomic mass is 16.3. The van der Waals surface area contributed by atoms with Gasteiger partial charge in [0.1, 0.15) is 5.58 Å². The molecule has 2 aromatic heterocycles. The van der Waals surface area contributed by atoms with Crippen LogP contribution < -0.4 is 5.43 Å². The smallest absolute Gasteiger partial charge is 0.151 e. The van der Waals surface area contributed by atoms with Gasteiger partial charge in [-0.3, -0.25) is 0 Å². The molecule has 0 amide bonds. The number of aromatic nitrogens is 1. The maximum Gasteiger partial charge on any atom is 0.151 e. The number of hydrogen-bond donors (Lipinski definition) is 1. The average Bonchev–Trinajstić information content (AvgIpc) is 2.80. The summed E-state index contributed by atoms with van der Waals surface area (Å²) in [5, 5.41) is 3.28. The van der Waals surface area contributed by atoms with Crippen molar-refractivity contribution in [1.82, 2.24) is 9.99 Å². The van der Waals surface area contributed by atoms with Crippen molar-refractivity contribution in [2.24, 2.45) is 0 Å². The minimum Gasteiger partial charge on any atom is -0.464 e. The molecule has 0 spiro atoms. The first-order valence-corrected chi connectivity index (χ1v) is 5.77. The van der Waals surface area contributed by atoms with Crippen LogP contribution in [0.5, 0.6) is 0 Å². The Morgan fingerprint density at radius 3 is 2.94 bits per heavy atom. The lowest BCUT2D eigenvalue weighted by Gasteiger charge is -2.27. The van der Waals surface area contributed by atoms with Gasteiger partial charge in [-0.2, -0.15) is 0 Å². The van der Waals surface area contributed by atoms with E-state index in [1.54, 1.807) is 12.5 Å². The molecule has 84 valence electrons. The van der Waals surface area contributed by atoms with E-state index in [9.17, 15) is 0 Å². The molecule has 1 fully saturated rings.